The van der Waals surface area contributed by atoms with Crippen LogP contribution in [-0.2, 0) is 16.0 Å². The van der Waals surface area contributed by atoms with Gasteiger partial charge in [-0.3, -0.25) is 4.55 Å². The van der Waals surface area contributed by atoms with Crippen LogP contribution in [0.15, 0.2) is 55.3 Å². The predicted molar refractivity (Wildman–Crippen MR) is 122 cm³/mol. The summed E-state index contributed by atoms with van der Waals surface area (Å²) in [6.45, 7) is 2.87. The highest BCUT2D eigenvalue weighted by Gasteiger charge is 2.29. The standard InChI is InChI=1S/C18H14Br2N2O3S3/c1-2-21-13-7-11(19)3-5-15(13)26-17(21)9-18-22(10-28(23,24)25)14-8-12(20)4-6-16(14)27-18/h3-9H,2,10H2,1H3/p+1. The number of thiazole rings is 1. The Kier molecular flexibility index (Phi) is 5.62. The highest BCUT2D eigenvalue weighted by Crippen LogP contribution is 2.47. The van der Waals surface area contributed by atoms with Crippen LogP contribution in [0, 0.1) is 0 Å². The van der Waals surface area contributed by atoms with Crippen molar-refractivity contribution in [3.05, 3.63) is 55.4 Å². The number of halogens is 2. The smallest absolute Gasteiger partial charge is 0.326 e. The summed E-state index contributed by atoms with van der Waals surface area (Å²) in [6, 6.07) is 11.9. The Morgan fingerprint density at radius 3 is 2.61 bits per heavy atom. The molecular weight excluding hydrogens is 548 g/mol. The summed E-state index contributed by atoms with van der Waals surface area (Å²) in [5.74, 6) is -0.488. The number of fused-ring (bicyclic) bond motifs is 2. The molecule has 0 atom stereocenters. The molecule has 0 saturated carbocycles. The van der Waals surface area contributed by atoms with Crippen LogP contribution in [0.5, 0.6) is 0 Å². The zero-order valence-electron chi connectivity index (χ0n) is 14.6. The minimum Gasteiger partial charge on any atom is -0.335 e. The van der Waals surface area contributed by atoms with Gasteiger partial charge >= 0.3 is 10.1 Å². The molecule has 3 aromatic rings. The molecule has 146 valence electrons. The van der Waals surface area contributed by atoms with E-state index in [0.29, 0.717) is 0 Å². The summed E-state index contributed by atoms with van der Waals surface area (Å²) in [7, 11) is -4.19. The minimum atomic E-state index is -4.19. The Balaban J connectivity index is 1.86. The lowest BCUT2D eigenvalue weighted by atomic mass is 10.3. The third kappa shape index (κ3) is 4.03. The van der Waals surface area contributed by atoms with Gasteiger partial charge in [0.15, 0.2) is 0 Å². The molecule has 0 aliphatic carbocycles. The molecule has 0 bridgehead atoms. The topological polar surface area (TPSA) is 61.5 Å². The van der Waals surface area contributed by atoms with Crippen molar-refractivity contribution in [2.24, 2.45) is 0 Å². The molecule has 1 aliphatic heterocycles. The number of hydrogen-bond donors (Lipinski definition) is 1. The monoisotopic (exact) mass is 561 g/mol. The molecule has 10 heteroatoms. The lowest BCUT2D eigenvalue weighted by Crippen LogP contribution is -2.39. The van der Waals surface area contributed by atoms with Gasteiger partial charge in [-0.05, 0) is 37.3 Å². The first-order chi connectivity index (χ1) is 13.2. The normalized spacial score (nSPS) is 15.6. The maximum absolute atomic E-state index is 11.6. The second-order valence-electron chi connectivity index (χ2n) is 6.13. The van der Waals surface area contributed by atoms with Gasteiger partial charge in [-0.25, -0.2) is 0 Å². The molecule has 4 rings (SSSR count). The Bertz CT molecular complexity index is 1220. The number of nitrogens with zero attached hydrogens (tertiary/aromatic N) is 2. The van der Waals surface area contributed by atoms with Crippen molar-refractivity contribution < 1.29 is 17.5 Å². The van der Waals surface area contributed by atoms with Crippen molar-refractivity contribution in [1.29, 1.82) is 0 Å². The summed E-state index contributed by atoms with van der Waals surface area (Å²) < 4.78 is 37.2. The second-order valence-corrected chi connectivity index (χ2v) is 11.5. The molecule has 5 nitrogen and oxygen atoms in total. The maximum atomic E-state index is 11.6. The highest BCUT2D eigenvalue weighted by molar-refractivity contribution is 9.10. The maximum Gasteiger partial charge on any atom is 0.326 e. The van der Waals surface area contributed by atoms with Crippen LogP contribution in [0.25, 0.3) is 16.3 Å². The van der Waals surface area contributed by atoms with Crippen LogP contribution in [0.1, 0.15) is 11.9 Å². The van der Waals surface area contributed by atoms with Crippen molar-refractivity contribution in [3.8, 4) is 0 Å². The molecular formula is C18H15Br2N2O3S3+. The van der Waals surface area contributed by atoms with E-state index in [1.807, 2.05) is 30.3 Å². The van der Waals surface area contributed by atoms with Crippen LogP contribution in [-0.4, -0.2) is 19.5 Å². The van der Waals surface area contributed by atoms with Gasteiger partial charge in [0, 0.05) is 26.5 Å². The Hall–Kier alpha value is -0.910. The molecule has 0 radical (unpaired) electrons. The van der Waals surface area contributed by atoms with E-state index in [0.717, 1.165) is 46.3 Å². The van der Waals surface area contributed by atoms with E-state index in [1.54, 1.807) is 16.3 Å². The molecule has 0 unspecified atom stereocenters. The Labute approximate surface area is 188 Å². The molecule has 2 heterocycles. The van der Waals surface area contributed by atoms with Crippen molar-refractivity contribution in [2.45, 2.75) is 17.7 Å². The Morgan fingerprint density at radius 1 is 1.18 bits per heavy atom. The van der Waals surface area contributed by atoms with Gasteiger partial charge in [0.05, 0.1) is 16.8 Å². The van der Waals surface area contributed by atoms with Gasteiger partial charge in [0.2, 0.25) is 5.52 Å². The van der Waals surface area contributed by atoms with Crippen LogP contribution in [0.2, 0.25) is 0 Å². The van der Waals surface area contributed by atoms with Gasteiger partial charge in [-0.2, -0.15) is 13.0 Å². The van der Waals surface area contributed by atoms with E-state index in [-0.39, 0.29) is 0 Å². The summed E-state index contributed by atoms with van der Waals surface area (Å²) in [4.78, 5) is 3.35. The molecule has 1 aliphatic rings. The van der Waals surface area contributed by atoms with E-state index in [9.17, 15) is 13.0 Å². The largest absolute Gasteiger partial charge is 0.335 e. The predicted octanol–water partition coefficient (Wildman–Crippen LogP) is 5.49. The summed E-state index contributed by atoms with van der Waals surface area (Å²) in [5, 5.41) is 1.78. The van der Waals surface area contributed by atoms with Crippen molar-refractivity contribution in [2.75, 3.05) is 11.4 Å². The molecule has 0 amide bonds. The average Bonchev–Trinajstić information content (AvgIpc) is 3.11. The molecule has 1 aromatic heterocycles. The lowest BCUT2D eigenvalue weighted by molar-refractivity contribution is -0.649. The number of thioether (sulfide) groups is 1. The van der Waals surface area contributed by atoms with Crippen LogP contribution < -0.4 is 9.47 Å². The molecule has 1 N–H and O–H groups in total. The fraction of sp³-hybridized carbons (Fsp3) is 0.167. The van der Waals surface area contributed by atoms with Crippen molar-refractivity contribution in [1.82, 2.24) is 0 Å². The molecule has 0 spiro atoms. The lowest BCUT2D eigenvalue weighted by Gasteiger charge is -2.17. The fourth-order valence-corrected chi connectivity index (χ4v) is 6.77. The average molecular weight is 563 g/mol. The van der Waals surface area contributed by atoms with E-state index in [1.165, 1.54) is 11.3 Å². The van der Waals surface area contributed by atoms with E-state index in [4.69, 9.17) is 0 Å². The van der Waals surface area contributed by atoms with Gasteiger partial charge < -0.3 is 4.90 Å². The number of benzene rings is 2. The van der Waals surface area contributed by atoms with Gasteiger partial charge in [0.25, 0.3) is 10.9 Å². The van der Waals surface area contributed by atoms with Gasteiger partial charge in [0.1, 0.15) is 4.70 Å². The summed E-state index contributed by atoms with van der Waals surface area (Å²) in [5.41, 5.74) is 1.88. The zero-order valence-corrected chi connectivity index (χ0v) is 20.2. The summed E-state index contributed by atoms with van der Waals surface area (Å²) >= 11 is 10.1. The first-order valence-corrected chi connectivity index (χ1v) is 13.1. The SMILES string of the molecule is CCN1C(=Cc2sc3ccc(Br)cc3[n+]2CS(=O)(=O)O)Sc2ccc(Br)cc21. The third-order valence-corrected chi connectivity index (χ3v) is 8.04. The number of anilines is 1. The summed E-state index contributed by atoms with van der Waals surface area (Å²) in [6.07, 6.45) is 1.99. The highest BCUT2D eigenvalue weighted by atomic mass is 79.9. The van der Waals surface area contributed by atoms with E-state index < -0.39 is 16.0 Å². The second kappa shape index (κ2) is 7.73. The zero-order chi connectivity index (χ0) is 20.1. The van der Waals surface area contributed by atoms with E-state index >= 15 is 0 Å². The molecule has 2 aromatic carbocycles. The van der Waals surface area contributed by atoms with Gasteiger partial charge in [-0.15, -0.1) is 0 Å². The quantitative estimate of drug-likeness (QED) is 0.336. The van der Waals surface area contributed by atoms with Crippen LogP contribution in [0.3, 0.4) is 0 Å². The van der Waals surface area contributed by atoms with Crippen molar-refractivity contribution >= 4 is 87.1 Å². The number of aromatic nitrogens is 1. The molecule has 28 heavy (non-hydrogen) atoms. The van der Waals surface area contributed by atoms with Crippen LogP contribution in [0.4, 0.5) is 5.69 Å². The van der Waals surface area contributed by atoms with E-state index in [2.05, 4.69) is 55.8 Å². The Morgan fingerprint density at radius 2 is 1.89 bits per heavy atom. The number of rotatable bonds is 4. The minimum absolute atomic E-state index is 0.488. The van der Waals surface area contributed by atoms with Gasteiger partial charge in [-0.1, -0.05) is 55.0 Å². The fourth-order valence-electron chi connectivity index (χ4n) is 3.09. The first kappa shape index (κ1) is 20.4. The third-order valence-electron chi connectivity index (χ3n) is 4.24. The molecule has 0 fully saturated rings. The van der Waals surface area contributed by atoms with Crippen molar-refractivity contribution in [3.63, 3.8) is 0 Å². The molecule has 0 saturated heterocycles. The van der Waals surface area contributed by atoms with Crippen LogP contribution >= 0.6 is 55.0 Å². The first-order valence-electron chi connectivity index (χ1n) is 8.29. The number of hydrogen-bond acceptors (Lipinski definition) is 5.